The second-order valence-corrected chi connectivity index (χ2v) is 5.91. The topological polar surface area (TPSA) is 33.1 Å². The minimum Gasteiger partial charge on any atom is -0.320 e. The first-order valence-electron chi connectivity index (χ1n) is 8.19. The number of aromatic nitrogens is 2. The van der Waals surface area contributed by atoms with Crippen LogP contribution in [0.5, 0.6) is 0 Å². The molecule has 1 aliphatic heterocycles. The molecule has 0 amide bonds. The molecule has 1 saturated heterocycles. The van der Waals surface area contributed by atoms with E-state index in [-0.39, 0.29) is 0 Å². The van der Waals surface area contributed by atoms with E-state index in [1.54, 1.807) is 0 Å². The van der Waals surface area contributed by atoms with Gasteiger partial charge in [0.15, 0.2) is 0 Å². The van der Waals surface area contributed by atoms with Gasteiger partial charge in [-0.05, 0) is 71.3 Å². The van der Waals surface area contributed by atoms with Gasteiger partial charge in [0.2, 0.25) is 0 Å². The van der Waals surface area contributed by atoms with Crippen LogP contribution in [0.2, 0.25) is 0 Å². The highest BCUT2D eigenvalue weighted by atomic mass is 15.3. The average molecular weight is 278 g/mol. The van der Waals surface area contributed by atoms with Gasteiger partial charge in [0.25, 0.3) is 0 Å². The predicted molar refractivity (Wildman–Crippen MR) is 83.8 cm³/mol. The molecule has 4 heteroatoms. The summed E-state index contributed by atoms with van der Waals surface area (Å²) in [5, 5.41) is 7.91. The molecule has 2 heterocycles. The molecule has 114 valence electrons. The Hall–Kier alpha value is -0.870. The first-order valence-corrected chi connectivity index (χ1v) is 8.19. The zero-order valence-corrected chi connectivity index (χ0v) is 13.4. The lowest BCUT2D eigenvalue weighted by atomic mass is 9.93. The number of rotatable bonds is 7. The van der Waals surface area contributed by atoms with E-state index in [2.05, 4.69) is 39.9 Å². The van der Waals surface area contributed by atoms with Crippen LogP contribution >= 0.6 is 0 Å². The third-order valence-electron chi connectivity index (χ3n) is 4.47. The van der Waals surface area contributed by atoms with Crippen LogP contribution < -0.4 is 5.32 Å². The molecule has 1 fully saturated rings. The summed E-state index contributed by atoms with van der Waals surface area (Å²) < 4.78 is 2.17. The summed E-state index contributed by atoms with van der Waals surface area (Å²) in [7, 11) is 2.05. The van der Waals surface area contributed by atoms with Gasteiger partial charge in [-0.3, -0.25) is 9.58 Å². The van der Waals surface area contributed by atoms with Crippen LogP contribution in [-0.2, 0) is 19.5 Å². The molecule has 2 rings (SSSR count). The first-order chi connectivity index (χ1) is 9.76. The highest BCUT2D eigenvalue weighted by Crippen LogP contribution is 2.21. The van der Waals surface area contributed by atoms with Gasteiger partial charge in [0.05, 0.1) is 11.4 Å². The highest BCUT2D eigenvalue weighted by molar-refractivity contribution is 5.10. The van der Waals surface area contributed by atoms with Crippen molar-refractivity contribution in [2.75, 3.05) is 26.7 Å². The first kappa shape index (κ1) is 15.5. The summed E-state index contributed by atoms with van der Waals surface area (Å²) in [5.74, 6) is 0.918. The van der Waals surface area contributed by atoms with E-state index >= 15 is 0 Å². The Balaban J connectivity index is 1.84. The van der Waals surface area contributed by atoms with Crippen molar-refractivity contribution in [3.8, 4) is 0 Å². The van der Waals surface area contributed by atoms with E-state index in [1.165, 1.54) is 43.7 Å². The van der Waals surface area contributed by atoms with Gasteiger partial charge in [0.1, 0.15) is 0 Å². The molecule has 1 N–H and O–H groups in total. The van der Waals surface area contributed by atoms with Crippen LogP contribution in [-0.4, -0.2) is 41.4 Å². The van der Waals surface area contributed by atoms with Gasteiger partial charge >= 0.3 is 0 Å². The minimum absolute atomic E-state index is 0.918. The number of piperidine rings is 1. The SMILES string of the molecule is CCc1cc(CN2CCC(CCNC)CC2)n(CC)n1. The zero-order chi connectivity index (χ0) is 14.4. The van der Waals surface area contributed by atoms with Crippen LogP contribution in [0.4, 0.5) is 0 Å². The summed E-state index contributed by atoms with van der Waals surface area (Å²) in [4.78, 5) is 2.60. The van der Waals surface area contributed by atoms with E-state index < -0.39 is 0 Å². The maximum absolute atomic E-state index is 4.65. The maximum Gasteiger partial charge on any atom is 0.0625 e. The number of hydrogen-bond donors (Lipinski definition) is 1. The summed E-state index contributed by atoms with van der Waals surface area (Å²) in [6.07, 6.45) is 5.06. The molecule has 0 aromatic carbocycles. The van der Waals surface area contributed by atoms with Crippen molar-refractivity contribution in [3.05, 3.63) is 17.5 Å². The lowest BCUT2D eigenvalue weighted by Crippen LogP contribution is -2.34. The second kappa shape index (κ2) is 7.79. The zero-order valence-electron chi connectivity index (χ0n) is 13.4. The van der Waals surface area contributed by atoms with Gasteiger partial charge in [0, 0.05) is 13.1 Å². The molecule has 0 unspecified atom stereocenters. The quantitative estimate of drug-likeness (QED) is 0.831. The maximum atomic E-state index is 4.65. The Kier molecular flexibility index (Phi) is 6.05. The minimum atomic E-state index is 0.918. The van der Waals surface area contributed by atoms with Gasteiger partial charge in [-0.25, -0.2) is 0 Å². The summed E-state index contributed by atoms with van der Waals surface area (Å²) in [6.45, 7) is 10.1. The Labute approximate surface area is 123 Å². The monoisotopic (exact) mass is 278 g/mol. The molecular formula is C16H30N4. The number of hydrogen-bond acceptors (Lipinski definition) is 3. The van der Waals surface area contributed by atoms with Crippen LogP contribution in [0.3, 0.4) is 0 Å². The van der Waals surface area contributed by atoms with E-state index in [4.69, 9.17) is 0 Å². The molecular weight excluding hydrogens is 248 g/mol. The van der Waals surface area contributed by atoms with Gasteiger partial charge in [-0.2, -0.15) is 5.10 Å². The molecule has 1 aliphatic rings. The van der Waals surface area contributed by atoms with Crippen molar-refractivity contribution in [2.24, 2.45) is 5.92 Å². The van der Waals surface area contributed by atoms with Gasteiger partial charge in [-0.15, -0.1) is 0 Å². The molecule has 1 aromatic rings. The molecule has 0 bridgehead atoms. The standard InChI is InChI=1S/C16H30N4/c1-4-15-12-16(20(5-2)18-15)13-19-10-7-14(8-11-19)6-9-17-3/h12,14,17H,4-11,13H2,1-3H3. The average Bonchev–Trinajstić information content (AvgIpc) is 2.88. The van der Waals surface area contributed by atoms with E-state index in [1.807, 2.05) is 7.05 Å². The smallest absolute Gasteiger partial charge is 0.0625 e. The van der Waals surface area contributed by atoms with Gasteiger partial charge in [-0.1, -0.05) is 6.92 Å². The number of likely N-dealkylation sites (tertiary alicyclic amines) is 1. The number of nitrogens with zero attached hydrogens (tertiary/aromatic N) is 3. The fourth-order valence-corrected chi connectivity index (χ4v) is 3.10. The van der Waals surface area contributed by atoms with E-state index in [0.717, 1.165) is 32.0 Å². The highest BCUT2D eigenvalue weighted by Gasteiger charge is 2.20. The normalized spacial score (nSPS) is 17.8. The van der Waals surface area contributed by atoms with Crippen molar-refractivity contribution >= 4 is 0 Å². The van der Waals surface area contributed by atoms with Crippen LogP contribution in [0.1, 0.15) is 44.5 Å². The molecule has 0 saturated carbocycles. The summed E-state index contributed by atoms with van der Waals surface area (Å²) in [6, 6.07) is 2.29. The molecule has 0 radical (unpaired) electrons. The molecule has 0 spiro atoms. The summed E-state index contributed by atoms with van der Waals surface area (Å²) in [5.41, 5.74) is 2.61. The Morgan fingerprint density at radius 2 is 2.05 bits per heavy atom. The molecule has 0 aliphatic carbocycles. The van der Waals surface area contributed by atoms with Crippen LogP contribution in [0, 0.1) is 5.92 Å². The fourth-order valence-electron chi connectivity index (χ4n) is 3.10. The van der Waals surface area contributed by atoms with Crippen molar-refractivity contribution in [1.82, 2.24) is 20.0 Å². The third-order valence-corrected chi connectivity index (χ3v) is 4.47. The van der Waals surface area contributed by atoms with Crippen LogP contribution in [0.25, 0.3) is 0 Å². The Morgan fingerprint density at radius 3 is 2.65 bits per heavy atom. The number of nitrogens with one attached hydrogen (secondary N) is 1. The van der Waals surface area contributed by atoms with Crippen LogP contribution in [0.15, 0.2) is 6.07 Å². The van der Waals surface area contributed by atoms with Gasteiger partial charge < -0.3 is 5.32 Å². The van der Waals surface area contributed by atoms with Crippen molar-refractivity contribution in [3.63, 3.8) is 0 Å². The summed E-state index contributed by atoms with van der Waals surface area (Å²) >= 11 is 0. The third kappa shape index (κ3) is 4.06. The van der Waals surface area contributed by atoms with E-state index in [0.29, 0.717) is 0 Å². The number of aryl methyl sites for hydroxylation is 2. The largest absolute Gasteiger partial charge is 0.320 e. The van der Waals surface area contributed by atoms with Crippen molar-refractivity contribution in [1.29, 1.82) is 0 Å². The second-order valence-electron chi connectivity index (χ2n) is 5.91. The van der Waals surface area contributed by atoms with Crippen molar-refractivity contribution in [2.45, 2.75) is 52.6 Å². The molecule has 0 atom stereocenters. The molecule has 20 heavy (non-hydrogen) atoms. The lowest BCUT2D eigenvalue weighted by Gasteiger charge is -2.31. The lowest BCUT2D eigenvalue weighted by molar-refractivity contribution is 0.168. The Morgan fingerprint density at radius 1 is 1.30 bits per heavy atom. The molecule has 4 nitrogen and oxygen atoms in total. The molecule has 1 aromatic heterocycles. The fraction of sp³-hybridized carbons (Fsp3) is 0.812. The Bertz CT molecular complexity index is 391. The van der Waals surface area contributed by atoms with E-state index in [9.17, 15) is 0 Å². The predicted octanol–water partition coefficient (Wildman–Crippen LogP) is 2.29. The van der Waals surface area contributed by atoms with Crippen molar-refractivity contribution < 1.29 is 0 Å².